The number of aromatic amines is 1. The largest absolute Gasteiger partial charge is 0.416 e. The van der Waals surface area contributed by atoms with E-state index in [9.17, 15) is 13.2 Å². The van der Waals surface area contributed by atoms with Gasteiger partial charge in [0.15, 0.2) is 0 Å². The molecule has 1 N–H and O–H groups in total. The lowest BCUT2D eigenvalue weighted by atomic mass is 9.90. The maximum atomic E-state index is 13.1. The first-order valence-electron chi connectivity index (χ1n) is 10.3. The normalized spacial score (nSPS) is 18.1. The van der Waals surface area contributed by atoms with Gasteiger partial charge in [0.1, 0.15) is 0 Å². The highest BCUT2D eigenvalue weighted by molar-refractivity contribution is 5.66. The Morgan fingerprint density at radius 3 is 2.83 bits per heavy atom. The second kappa shape index (κ2) is 8.26. The molecule has 160 valence electrons. The van der Waals surface area contributed by atoms with Crippen LogP contribution in [0.1, 0.15) is 48.2 Å². The van der Waals surface area contributed by atoms with Gasteiger partial charge in [0.25, 0.3) is 0 Å². The molecule has 0 radical (unpaired) electrons. The number of aryl methyl sites for hydroxylation is 2. The SMILES string of the molecule is CCn1cc(CN2CCCC(c3[nH]ncc3-c3cccc(C(F)(F)F)c3)C2)c(C)n1. The highest BCUT2D eigenvalue weighted by Crippen LogP contribution is 2.36. The molecular formula is C22H26F3N5. The maximum absolute atomic E-state index is 13.1. The summed E-state index contributed by atoms with van der Waals surface area (Å²) in [6, 6.07) is 5.48. The molecule has 8 heteroatoms. The van der Waals surface area contributed by atoms with Gasteiger partial charge in [-0.15, -0.1) is 0 Å². The van der Waals surface area contributed by atoms with Crippen molar-refractivity contribution in [2.75, 3.05) is 13.1 Å². The Morgan fingerprint density at radius 2 is 2.10 bits per heavy atom. The third-order valence-corrected chi connectivity index (χ3v) is 5.85. The van der Waals surface area contributed by atoms with Crippen LogP contribution in [0.25, 0.3) is 11.1 Å². The van der Waals surface area contributed by atoms with Crippen LogP contribution in [-0.2, 0) is 19.3 Å². The van der Waals surface area contributed by atoms with Crippen molar-refractivity contribution < 1.29 is 13.2 Å². The Bertz CT molecular complexity index is 1000. The van der Waals surface area contributed by atoms with E-state index in [1.807, 2.05) is 11.6 Å². The van der Waals surface area contributed by atoms with E-state index >= 15 is 0 Å². The van der Waals surface area contributed by atoms with E-state index in [1.54, 1.807) is 12.3 Å². The molecule has 0 saturated carbocycles. The van der Waals surface area contributed by atoms with Crippen molar-refractivity contribution in [1.82, 2.24) is 24.9 Å². The summed E-state index contributed by atoms with van der Waals surface area (Å²) in [4.78, 5) is 2.40. The molecule has 0 amide bonds. The van der Waals surface area contributed by atoms with E-state index in [0.717, 1.165) is 62.0 Å². The van der Waals surface area contributed by atoms with Gasteiger partial charge in [-0.05, 0) is 50.9 Å². The Morgan fingerprint density at radius 1 is 1.27 bits per heavy atom. The summed E-state index contributed by atoms with van der Waals surface area (Å²) < 4.78 is 41.4. The second-order valence-electron chi connectivity index (χ2n) is 7.95. The topological polar surface area (TPSA) is 49.7 Å². The van der Waals surface area contributed by atoms with E-state index in [1.165, 1.54) is 17.7 Å². The average Bonchev–Trinajstić information content (AvgIpc) is 3.35. The summed E-state index contributed by atoms with van der Waals surface area (Å²) in [6.45, 7) is 7.61. The molecule has 5 nitrogen and oxygen atoms in total. The Kier molecular flexibility index (Phi) is 5.69. The van der Waals surface area contributed by atoms with E-state index in [-0.39, 0.29) is 5.92 Å². The minimum Gasteiger partial charge on any atom is -0.298 e. The number of likely N-dealkylation sites (tertiary alicyclic amines) is 1. The monoisotopic (exact) mass is 417 g/mol. The number of H-pyrrole nitrogens is 1. The van der Waals surface area contributed by atoms with Crippen LogP contribution in [0.15, 0.2) is 36.7 Å². The number of nitrogens with zero attached hydrogens (tertiary/aromatic N) is 4. The predicted octanol–water partition coefficient (Wildman–Crippen LogP) is 5.00. The first-order chi connectivity index (χ1) is 14.3. The van der Waals surface area contributed by atoms with Gasteiger partial charge in [0, 0.05) is 48.6 Å². The van der Waals surface area contributed by atoms with Crippen LogP contribution < -0.4 is 0 Å². The molecule has 0 aliphatic carbocycles. The zero-order chi connectivity index (χ0) is 21.3. The number of hydrogen-bond acceptors (Lipinski definition) is 3. The molecule has 1 aliphatic heterocycles. The molecule has 4 rings (SSSR count). The van der Waals surface area contributed by atoms with Gasteiger partial charge in [-0.1, -0.05) is 12.1 Å². The van der Waals surface area contributed by atoms with Gasteiger partial charge in [0.2, 0.25) is 0 Å². The van der Waals surface area contributed by atoms with Crippen molar-refractivity contribution in [2.24, 2.45) is 0 Å². The smallest absolute Gasteiger partial charge is 0.298 e. The number of rotatable bonds is 5. The summed E-state index contributed by atoms with van der Waals surface area (Å²) in [5.41, 5.74) is 3.85. The van der Waals surface area contributed by atoms with Gasteiger partial charge in [-0.25, -0.2) is 0 Å². The molecule has 0 spiro atoms. The van der Waals surface area contributed by atoms with Crippen molar-refractivity contribution >= 4 is 0 Å². The third-order valence-electron chi connectivity index (χ3n) is 5.85. The van der Waals surface area contributed by atoms with Crippen LogP contribution in [0.2, 0.25) is 0 Å². The average molecular weight is 417 g/mol. The fraction of sp³-hybridized carbons (Fsp3) is 0.455. The number of nitrogens with one attached hydrogen (secondary N) is 1. The highest BCUT2D eigenvalue weighted by atomic mass is 19.4. The lowest BCUT2D eigenvalue weighted by Gasteiger charge is -2.32. The highest BCUT2D eigenvalue weighted by Gasteiger charge is 2.31. The number of piperidine rings is 1. The van der Waals surface area contributed by atoms with Crippen molar-refractivity contribution in [2.45, 2.75) is 51.9 Å². The zero-order valence-corrected chi connectivity index (χ0v) is 17.2. The number of aromatic nitrogens is 4. The van der Waals surface area contributed by atoms with Crippen LogP contribution >= 0.6 is 0 Å². The van der Waals surface area contributed by atoms with Crippen molar-refractivity contribution in [3.05, 3.63) is 59.2 Å². The molecule has 2 aromatic heterocycles. The number of hydrogen-bond donors (Lipinski definition) is 1. The van der Waals surface area contributed by atoms with Crippen LogP contribution in [-0.4, -0.2) is 38.0 Å². The zero-order valence-electron chi connectivity index (χ0n) is 17.2. The first-order valence-corrected chi connectivity index (χ1v) is 10.3. The standard InChI is InChI=1S/C22H26F3N5/c1-3-30-14-18(15(2)28-30)13-29-9-5-7-17(12-29)21-20(11-26-27-21)16-6-4-8-19(10-16)22(23,24)25/h4,6,8,10-11,14,17H,3,5,7,9,12-13H2,1-2H3,(H,26,27). The van der Waals surface area contributed by atoms with Gasteiger partial charge in [-0.2, -0.15) is 23.4 Å². The Hall–Kier alpha value is -2.61. The van der Waals surface area contributed by atoms with Gasteiger partial charge < -0.3 is 0 Å². The number of halogens is 3. The van der Waals surface area contributed by atoms with E-state index in [0.29, 0.717) is 5.56 Å². The maximum Gasteiger partial charge on any atom is 0.416 e. The summed E-state index contributed by atoms with van der Waals surface area (Å²) in [5.74, 6) is 0.201. The number of benzene rings is 1. The molecule has 30 heavy (non-hydrogen) atoms. The van der Waals surface area contributed by atoms with E-state index < -0.39 is 11.7 Å². The quantitative estimate of drug-likeness (QED) is 0.636. The van der Waals surface area contributed by atoms with Crippen LogP contribution in [0.4, 0.5) is 13.2 Å². The van der Waals surface area contributed by atoms with Crippen molar-refractivity contribution in [3.63, 3.8) is 0 Å². The van der Waals surface area contributed by atoms with Crippen LogP contribution in [0.3, 0.4) is 0 Å². The summed E-state index contributed by atoms with van der Waals surface area (Å²) >= 11 is 0. The molecule has 0 bridgehead atoms. The van der Waals surface area contributed by atoms with Gasteiger partial charge in [-0.3, -0.25) is 14.7 Å². The molecule has 3 heterocycles. The van der Waals surface area contributed by atoms with Crippen LogP contribution in [0.5, 0.6) is 0 Å². The third kappa shape index (κ3) is 4.28. The van der Waals surface area contributed by atoms with Gasteiger partial charge >= 0.3 is 6.18 Å². The second-order valence-corrected chi connectivity index (χ2v) is 7.95. The molecule has 1 unspecified atom stereocenters. The summed E-state index contributed by atoms with van der Waals surface area (Å²) in [6.07, 6.45) is 1.40. The predicted molar refractivity (Wildman–Crippen MR) is 109 cm³/mol. The minimum absolute atomic E-state index is 0.201. The molecule has 1 atom stereocenters. The lowest BCUT2D eigenvalue weighted by Crippen LogP contribution is -2.34. The van der Waals surface area contributed by atoms with Crippen LogP contribution in [0, 0.1) is 6.92 Å². The molecule has 1 fully saturated rings. The summed E-state index contributed by atoms with van der Waals surface area (Å²) in [7, 11) is 0. The first kappa shape index (κ1) is 20.7. The Balaban J connectivity index is 1.54. The fourth-order valence-electron chi connectivity index (χ4n) is 4.25. The molecule has 1 aliphatic rings. The number of alkyl halides is 3. The minimum atomic E-state index is -4.36. The Labute approximate surface area is 173 Å². The lowest BCUT2D eigenvalue weighted by molar-refractivity contribution is -0.137. The molecule has 1 aromatic carbocycles. The van der Waals surface area contributed by atoms with Crippen molar-refractivity contribution in [3.8, 4) is 11.1 Å². The van der Waals surface area contributed by atoms with E-state index in [2.05, 4.69) is 33.3 Å². The van der Waals surface area contributed by atoms with E-state index in [4.69, 9.17) is 0 Å². The molecule has 3 aromatic rings. The summed E-state index contributed by atoms with van der Waals surface area (Å²) in [5, 5.41) is 11.8. The molecule has 1 saturated heterocycles. The molecular weight excluding hydrogens is 391 g/mol. The van der Waals surface area contributed by atoms with Crippen molar-refractivity contribution in [1.29, 1.82) is 0 Å². The van der Waals surface area contributed by atoms with Gasteiger partial charge in [0.05, 0.1) is 17.5 Å². The fourth-order valence-corrected chi connectivity index (χ4v) is 4.25.